The number of aliphatic hydroxyl groups is 2. The van der Waals surface area contributed by atoms with E-state index in [2.05, 4.69) is 9.97 Å². The van der Waals surface area contributed by atoms with Gasteiger partial charge in [-0.25, -0.2) is 0 Å². The van der Waals surface area contributed by atoms with Gasteiger partial charge in [0, 0.05) is 37.6 Å². The number of pyridine rings is 2. The first-order valence-electron chi connectivity index (χ1n) is 6.34. The maximum atomic E-state index is 11.8. The average Bonchev–Trinajstić information content (AvgIpc) is 2.49. The summed E-state index contributed by atoms with van der Waals surface area (Å²) in [5.41, 5.74) is 1.19. The Kier molecular flexibility index (Phi) is 4.92. The number of carbonyl (C=O) groups is 1. The minimum absolute atomic E-state index is 0.0387. The maximum absolute atomic E-state index is 11.8. The lowest BCUT2D eigenvalue weighted by Crippen LogP contribution is -2.11. The van der Waals surface area contributed by atoms with Crippen molar-refractivity contribution in [3.63, 3.8) is 0 Å². The third-order valence-electron chi connectivity index (χ3n) is 2.98. The van der Waals surface area contributed by atoms with Crippen molar-refractivity contribution in [1.82, 2.24) is 9.97 Å². The lowest BCUT2D eigenvalue weighted by molar-refractivity contribution is -0.123. The average molecular weight is 272 g/mol. The van der Waals surface area contributed by atoms with Crippen LogP contribution in [0.15, 0.2) is 49.1 Å². The quantitative estimate of drug-likeness (QED) is 0.834. The van der Waals surface area contributed by atoms with Crippen molar-refractivity contribution in [2.24, 2.45) is 0 Å². The van der Waals surface area contributed by atoms with E-state index in [1.807, 2.05) is 0 Å². The van der Waals surface area contributed by atoms with Crippen LogP contribution in [0, 0.1) is 0 Å². The first kappa shape index (κ1) is 14.3. The Morgan fingerprint density at radius 2 is 1.40 bits per heavy atom. The largest absolute Gasteiger partial charge is 0.388 e. The van der Waals surface area contributed by atoms with Gasteiger partial charge in [-0.3, -0.25) is 14.8 Å². The molecule has 2 rings (SSSR count). The smallest absolute Gasteiger partial charge is 0.138 e. The summed E-state index contributed by atoms with van der Waals surface area (Å²) in [6.07, 6.45) is 4.39. The molecule has 5 heteroatoms. The molecule has 5 nitrogen and oxygen atoms in total. The molecule has 20 heavy (non-hydrogen) atoms. The van der Waals surface area contributed by atoms with Crippen LogP contribution in [0.1, 0.15) is 36.2 Å². The molecule has 0 radical (unpaired) electrons. The number of rotatable bonds is 6. The van der Waals surface area contributed by atoms with E-state index in [1.54, 1.807) is 36.7 Å². The van der Waals surface area contributed by atoms with Gasteiger partial charge in [-0.1, -0.05) is 12.1 Å². The fraction of sp³-hybridized carbons (Fsp3) is 0.267. The number of aromatic nitrogens is 2. The SMILES string of the molecule is O=C(C[C@H](O)c1cccnc1)C[C@H](O)c1cccnc1. The van der Waals surface area contributed by atoms with Crippen molar-refractivity contribution < 1.29 is 15.0 Å². The Bertz CT molecular complexity index is 496. The zero-order chi connectivity index (χ0) is 14.4. The minimum atomic E-state index is -0.891. The minimum Gasteiger partial charge on any atom is -0.388 e. The van der Waals surface area contributed by atoms with Crippen molar-refractivity contribution in [2.75, 3.05) is 0 Å². The van der Waals surface area contributed by atoms with Crippen LogP contribution in [0.2, 0.25) is 0 Å². The highest BCUT2D eigenvalue weighted by Gasteiger charge is 2.17. The summed E-state index contributed by atoms with van der Waals surface area (Å²) in [4.78, 5) is 19.6. The first-order valence-corrected chi connectivity index (χ1v) is 6.34. The lowest BCUT2D eigenvalue weighted by Gasteiger charge is -2.12. The fourth-order valence-electron chi connectivity index (χ4n) is 1.90. The van der Waals surface area contributed by atoms with Crippen LogP contribution in [0.25, 0.3) is 0 Å². The molecule has 0 aliphatic rings. The Balaban J connectivity index is 1.90. The predicted octanol–water partition coefficient (Wildman–Crippen LogP) is 1.59. The molecular weight excluding hydrogens is 256 g/mol. The number of carbonyl (C=O) groups excluding carboxylic acids is 1. The molecule has 0 amide bonds. The van der Waals surface area contributed by atoms with Crippen LogP contribution >= 0.6 is 0 Å². The summed E-state index contributed by atoms with van der Waals surface area (Å²) in [7, 11) is 0. The van der Waals surface area contributed by atoms with Gasteiger partial charge in [0.1, 0.15) is 5.78 Å². The second kappa shape index (κ2) is 6.88. The van der Waals surface area contributed by atoms with Crippen molar-refractivity contribution >= 4 is 5.78 Å². The lowest BCUT2D eigenvalue weighted by atomic mass is 10.00. The highest BCUT2D eigenvalue weighted by molar-refractivity contribution is 5.79. The van der Waals surface area contributed by atoms with Crippen molar-refractivity contribution in [1.29, 1.82) is 0 Å². The summed E-state index contributed by atoms with van der Waals surface area (Å²) in [5.74, 6) is -0.210. The van der Waals surface area contributed by atoms with Crippen LogP contribution in [-0.2, 0) is 4.79 Å². The van der Waals surface area contributed by atoms with Gasteiger partial charge in [0.2, 0.25) is 0 Å². The third-order valence-corrected chi connectivity index (χ3v) is 2.98. The van der Waals surface area contributed by atoms with E-state index in [0.717, 1.165) is 0 Å². The fourth-order valence-corrected chi connectivity index (χ4v) is 1.90. The van der Waals surface area contributed by atoms with Crippen LogP contribution in [0.5, 0.6) is 0 Å². The molecule has 0 saturated carbocycles. The molecular formula is C15H16N2O3. The van der Waals surface area contributed by atoms with E-state index in [1.165, 1.54) is 12.4 Å². The highest BCUT2D eigenvalue weighted by atomic mass is 16.3. The second-order valence-electron chi connectivity index (χ2n) is 4.55. The van der Waals surface area contributed by atoms with Crippen molar-refractivity contribution in [3.05, 3.63) is 60.2 Å². The Hall–Kier alpha value is -2.11. The number of ketones is 1. The zero-order valence-electron chi connectivity index (χ0n) is 10.9. The van der Waals surface area contributed by atoms with Crippen LogP contribution in [-0.4, -0.2) is 26.0 Å². The molecule has 104 valence electrons. The summed E-state index contributed by atoms with van der Waals surface area (Å²) in [5, 5.41) is 19.8. The highest BCUT2D eigenvalue weighted by Crippen LogP contribution is 2.20. The van der Waals surface area contributed by atoms with E-state index in [0.29, 0.717) is 11.1 Å². The molecule has 0 bridgehead atoms. The molecule has 0 aliphatic heterocycles. The Morgan fingerprint density at radius 1 is 0.950 bits per heavy atom. The topological polar surface area (TPSA) is 83.3 Å². The van der Waals surface area contributed by atoms with Gasteiger partial charge >= 0.3 is 0 Å². The normalized spacial score (nSPS) is 13.7. The number of hydrogen-bond acceptors (Lipinski definition) is 5. The van der Waals surface area contributed by atoms with Gasteiger partial charge in [0.15, 0.2) is 0 Å². The molecule has 0 aliphatic carbocycles. The monoisotopic (exact) mass is 272 g/mol. The second-order valence-corrected chi connectivity index (χ2v) is 4.55. The summed E-state index contributed by atoms with van der Waals surface area (Å²) >= 11 is 0. The van der Waals surface area contributed by atoms with E-state index in [4.69, 9.17) is 0 Å². The molecule has 2 heterocycles. The summed E-state index contributed by atoms with van der Waals surface area (Å²) in [6, 6.07) is 6.83. The molecule has 0 unspecified atom stereocenters. The van der Waals surface area contributed by atoms with Gasteiger partial charge in [0.05, 0.1) is 12.2 Å². The molecule has 2 aromatic rings. The third kappa shape index (κ3) is 3.94. The Labute approximate surface area is 117 Å². The van der Waals surface area contributed by atoms with Crippen LogP contribution in [0.3, 0.4) is 0 Å². The van der Waals surface area contributed by atoms with E-state index in [9.17, 15) is 15.0 Å². The Morgan fingerprint density at radius 3 is 1.75 bits per heavy atom. The number of nitrogens with zero attached hydrogens (tertiary/aromatic N) is 2. The van der Waals surface area contributed by atoms with Crippen LogP contribution < -0.4 is 0 Å². The predicted molar refractivity (Wildman–Crippen MR) is 72.6 cm³/mol. The number of aliphatic hydroxyl groups excluding tert-OH is 2. The standard InChI is InChI=1S/C15H16N2O3/c18-13(7-14(19)11-3-1-5-16-9-11)8-15(20)12-4-2-6-17-10-12/h1-6,9-10,14-15,19-20H,7-8H2/t14-,15-/m0/s1. The van der Waals surface area contributed by atoms with Crippen molar-refractivity contribution in [2.45, 2.75) is 25.0 Å². The van der Waals surface area contributed by atoms with E-state index < -0.39 is 12.2 Å². The molecule has 2 atom stereocenters. The number of Topliss-reactive ketones (excluding diaryl/α,β-unsaturated/α-hetero) is 1. The maximum Gasteiger partial charge on any atom is 0.138 e. The molecule has 2 N–H and O–H groups in total. The molecule has 0 aromatic carbocycles. The first-order chi connectivity index (χ1) is 9.66. The van der Waals surface area contributed by atoms with Gasteiger partial charge in [-0.15, -0.1) is 0 Å². The van der Waals surface area contributed by atoms with Gasteiger partial charge < -0.3 is 10.2 Å². The van der Waals surface area contributed by atoms with E-state index >= 15 is 0 Å². The molecule has 0 fully saturated rings. The molecule has 0 spiro atoms. The van der Waals surface area contributed by atoms with Crippen LogP contribution in [0.4, 0.5) is 0 Å². The van der Waals surface area contributed by atoms with E-state index in [-0.39, 0.29) is 18.6 Å². The van der Waals surface area contributed by atoms with Gasteiger partial charge in [0.25, 0.3) is 0 Å². The van der Waals surface area contributed by atoms with Crippen molar-refractivity contribution in [3.8, 4) is 0 Å². The van der Waals surface area contributed by atoms with Gasteiger partial charge in [-0.05, 0) is 23.3 Å². The zero-order valence-corrected chi connectivity index (χ0v) is 10.9. The summed E-state index contributed by atoms with van der Waals surface area (Å²) < 4.78 is 0. The van der Waals surface area contributed by atoms with Gasteiger partial charge in [-0.2, -0.15) is 0 Å². The number of hydrogen-bond donors (Lipinski definition) is 2. The molecule has 2 aromatic heterocycles. The molecule has 0 saturated heterocycles. The summed E-state index contributed by atoms with van der Waals surface area (Å²) in [6.45, 7) is 0.